The van der Waals surface area contributed by atoms with Gasteiger partial charge in [-0.15, -0.1) is 0 Å². The second kappa shape index (κ2) is 3.82. The zero-order valence-corrected chi connectivity index (χ0v) is 8.89. The smallest absolute Gasteiger partial charge is 0.343 e. The first kappa shape index (κ1) is 11.0. The van der Waals surface area contributed by atoms with Crippen molar-refractivity contribution in [1.29, 1.82) is 0 Å². The lowest BCUT2D eigenvalue weighted by molar-refractivity contribution is -0.417. The zero-order valence-electron chi connectivity index (χ0n) is 8.89. The molecule has 0 radical (unpaired) electrons. The van der Waals surface area contributed by atoms with Gasteiger partial charge in [0.1, 0.15) is 0 Å². The Bertz CT molecular complexity index is 575. The number of Topliss-reactive ketones (excluding diaryl/α,β-unsaturated/α-hetero) is 2. The third-order valence-corrected chi connectivity index (χ3v) is 2.53. The summed E-state index contributed by atoms with van der Waals surface area (Å²) in [7, 11) is 1.37. The molecule has 0 amide bonds. The summed E-state index contributed by atoms with van der Waals surface area (Å²) in [6.07, 6.45) is 0. The fraction of sp³-hybridized carbons (Fsp3) is 0.0909. The predicted octanol–water partition coefficient (Wildman–Crippen LogP) is 0.773. The highest BCUT2D eigenvalue weighted by Gasteiger charge is 2.39. The molecular weight excluding hydrogens is 224 g/mol. The van der Waals surface area contributed by atoms with Crippen molar-refractivity contribution in [2.75, 3.05) is 7.05 Å². The topological polar surface area (TPSA) is 89.3 Å². The quantitative estimate of drug-likeness (QED) is 0.601. The van der Waals surface area contributed by atoms with E-state index in [2.05, 4.69) is 5.32 Å². The van der Waals surface area contributed by atoms with Crippen LogP contribution >= 0.6 is 0 Å². The second-order valence-electron chi connectivity index (χ2n) is 3.43. The third kappa shape index (κ3) is 1.50. The number of likely N-dealkylation sites (N-methyl/N-ethyl adjacent to an activating group) is 1. The van der Waals surface area contributed by atoms with E-state index in [4.69, 9.17) is 0 Å². The number of fused-ring (bicyclic) bond motifs is 1. The molecule has 86 valence electrons. The summed E-state index contributed by atoms with van der Waals surface area (Å²) in [5.74, 6) is -1.27. The molecule has 0 spiro atoms. The Morgan fingerprint density at radius 3 is 2.12 bits per heavy atom. The number of hydrogen-bond donors (Lipinski definition) is 1. The van der Waals surface area contributed by atoms with Crippen LogP contribution in [-0.2, 0) is 0 Å². The second-order valence-corrected chi connectivity index (χ2v) is 3.43. The van der Waals surface area contributed by atoms with E-state index >= 15 is 0 Å². The van der Waals surface area contributed by atoms with E-state index in [9.17, 15) is 19.7 Å². The van der Waals surface area contributed by atoms with Crippen LogP contribution in [0.1, 0.15) is 20.7 Å². The number of nitro groups is 1. The van der Waals surface area contributed by atoms with E-state index < -0.39 is 22.2 Å². The van der Waals surface area contributed by atoms with Crippen molar-refractivity contribution in [1.82, 2.24) is 5.32 Å². The van der Waals surface area contributed by atoms with Crippen molar-refractivity contribution >= 4 is 11.6 Å². The molecule has 1 aromatic carbocycles. The van der Waals surface area contributed by atoms with Crippen molar-refractivity contribution in [3.63, 3.8) is 0 Å². The lowest BCUT2D eigenvalue weighted by atomic mass is 9.90. The van der Waals surface area contributed by atoms with Crippen molar-refractivity contribution in [3.8, 4) is 0 Å². The van der Waals surface area contributed by atoms with Crippen LogP contribution < -0.4 is 5.32 Å². The normalized spacial score (nSPS) is 14.6. The number of nitrogens with zero attached hydrogens (tertiary/aromatic N) is 1. The molecule has 0 aliphatic heterocycles. The standard InChI is InChI=1S/C11H8N2O4/c1-12-8-9(13(16)17)11(15)7-5-3-2-4-6(7)10(8)14/h2-5,12H,1H3. The molecule has 0 atom stereocenters. The number of benzene rings is 1. The Morgan fingerprint density at radius 1 is 1.12 bits per heavy atom. The molecule has 17 heavy (non-hydrogen) atoms. The summed E-state index contributed by atoms with van der Waals surface area (Å²) in [5.41, 5.74) is -0.703. The largest absolute Gasteiger partial charge is 0.379 e. The average molecular weight is 232 g/mol. The summed E-state index contributed by atoms with van der Waals surface area (Å²) in [4.78, 5) is 33.8. The van der Waals surface area contributed by atoms with E-state index in [0.717, 1.165) is 0 Å². The summed E-state index contributed by atoms with van der Waals surface area (Å²) in [6.45, 7) is 0. The SMILES string of the molecule is CNC1=C([N+](=O)[O-])C(=O)c2ccccc2C1=O. The molecule has 0 bridgehead atoms. The van der Waals surface area contributed by atoms with Crippen LogP contribution in [0.4, 0.5) is 0 Å². The molecule has 1 aliphatic carbocycles. The molecule has 1 aromatic rings. The average Bonchev–Trinajstić information content (AvgIpc) is 2.33. The number of hydrogen-bond acceptors (Lipinski definition) is 5. The van der Waals surface area contributed by atoms with E-state index in [-0.39, 0.29) is 16.8 Å². The minimum Gasteiger partial charge on any atom is -0.379 e. The summed E-state index contributed by atoms with van der Waals surface area (Å²) < 4.78 is 0. The molecular formula is C11H8N2O4. The molecule has 0 saturated heterocycles. The molecule has 0 saturated carbocycles. The highest BCUT2D eigenvalue weighted by Crippen LogP contribution is 2.24. The number of nitrogens with one attached hydrogen (secondary N) is 1. The van der Waals surface area contributed by atoms with Crippen molar-refractivity contribution < 1.29 is 14.5 Å². The first-order chi connectivity index (χ1) is 8.07. The van der Waals surface area contributed by atoms with E-state index in [1.807, 2.05) is 0 Å². The molecule has 1 N–H and O–H groups in total. The first-order valence-corrected chi connectivity index (χ1v) is 4.82. The van der Waals surface area contributed by atoms with Crippen LogP contribution in [0.2, 0.25) is 0 Å². The molecule has 0 fully saturated rings. The van der Waals surface area contributed by atoms with E-state index in [1.54, 1.807) is 12.1 Å². The molecule has 2 rings (SSSR count). The van der Waals surface area contributed by atoms with Crippen LogP contribution in [-0.4, -0.2) is 23.5 Å². The lowest BCUT2D eigenvalue weighted by Gasteiger charge is -2.14. The fourth-order valence-electron chi connectivity index (χ4n) is 1.77. The van der Waals surface area contributed by atoms with Gasteiger partial charge in [0.2, 0.25) is 5.78 Å². The van der Waals surface area contributed by atoms with Gasteiger partial charge in [0.15, 0.2) is 5.70 Å². The number of ketones is 2. The van der Waals surface area contributed by atoms with Gasteiger partial charge in [0, 0.05) is 18.2 Å². The van der Waals surface area contributed by atoms with Gasteiger partial charge in [-0.25, -0.2) is 0 Å². The first-order valence-electron chi connectivity index (χ1n) is 4.82. The van der Waals surface area contributed by atoms with Gasteiger partial charge >= 0.3 is 5.70 Å². The summed E-state index contributed by atoms with van der Waals surface area (Å²) in [5, 5.41) is 13.2. The number of carbonyl (C=O) groups is 2. The van der Waals surface area contributed by atoms with Gasteiger partial charge in [-0.3, -0.25) is 19.7 Å². The minimum atomic E-state index is -0.831. The van der Waals surface area contributed by atoms with Gasteiger partial charge in [-0.05, 0) is 0 Å². The number of allylic oxidation sites excluding steroid dienone is 2. The highest BCUT2D eigenvalue weighted by molar-refractivity contribution is 6.25. The van der Waals surface area contributed by atoms with Crippen LogP contribution in [0, 0.1) is 10.1 Å². The highest BCUT2D eigenvalue weighted by atomic mass is 16.6. The van der Waals surface area contributed by atoms with Crippen molar-refractivity contribution in [3.05, 3.63) is 56.9 Å². The Morgan fingerprint density at radius 2 is 1.65 bits per heavy atom. The Hall–Kier alpha value is -2.50. The number of carbonyl (C=O) groups excluding carboxylic acids is 2. The van der Waals surface area contributed by atoms with Crippen LogP contribution in [0.5, 0.6) is 0 Å². The summed E-state index contributed by atoms with van der Waals surface area (Å²) >= 11 is 0. The van der Waals surface area contributed by atoms with Gasteiger partial charge in [0.05, 0.1) is 4.92 Å². The van der Waals surface area contributed by atoms with Gasteiger partial charge in [-0.2, -0.15) is 0 Å². The summed E-state index contributed by atoms with van der Waals surface area (Å²) in [6, 6.07) is 6.05. The Kier molecular flexibility index (Phi) is 2.47. The lowest BCUT2D eigenvalue weighted by Crippen LogP contribution is -2.31. The maximum atomic E-state index is 11.9. The van der Waals surface area contributed by atoms with Gasteiger partial charge in [0.25, 0.3) is 5.78 Å². The molecule has 6 nitrogen and oxygen atoms in total. The number of rotatable bonds is 2. The van der Waals surface area contributed by atoms with Gasteiger partial charge in [-0.1, -0.05) is 24.3 Å². The van der Waals surface area contributed by atoms with E-state index in [1.165, 1.54) is 19.2 Å². The van der Waals surface area contributed by atoms with Gasteiger partial charge < -0.3 is 5.32 Å². The van der Waals surface area contributed by atoms with Crippen LogP contribution in [0.3, 0.4) is 0 Å². The molecule has 0 aromatic heterocycles. The monoisotopic (exact) mass is 232 g/mol. The molecule has 6 heteroatoms. The Labute approximate surface area is 96.1 Å². The maximum Gasteiger partial charge on any atom is 0.343 e. The Balaban J connectivity index is 2.73. The van der Waals surface area contributed by atoms with Crippen molar-refractivity contribution in [2.45, 2.75) is 0 Å². The van der Waals surface area contributed by atoms with Crippen LogP contribution in [0.25, 0.3) is 0 Å². The fourth-order valence-corrected chi connectivity index (χ4v) is 1.77. The minimum absolute atomic E-state index is 0.0724. The van der Waals surface area contributed by atoms with Crippen molar-refractivity contribution in [2.24, 2.45) is 0 Å². The predicted molar refractivity (Wildman–Crippen MR) is 58.2 cm³/mol. The zero-order chi connectivity index (χ0) is 12.6. The van der Waals surface area contributed by atoms with E-state index in [0.29, 0.717) is 0 Å². The van der Waals surface area contributed by atoms with Crippen LogP contribution in [0.15, 0.2) is 35.7 Å². The molecule has 1 aliphatic rings. The third-order valence-electron chi connectivity index (χ3n) is 2.53. The molecule has 0 unspecified atom stereocenters. The molecule has 0 heterocycles. The maximum absolute atomic E-state index is 11.9.